The maximum absolute atomic E-state index is 12.6. The summed E-state index contributed by atoms with van der Waals surface area (Å²) in [7, 11) is 0. The lowest BCUT2D eigenvalue weighted by Crippen LogP contribution is -2.20. The average Bonchev–Trinajstić information content (AvgIpc) is 2.82. The van der Waals surface area contributed by atoms with Crippen molar-refractivity contribution in [3.05, 3.63) is 111 Å². The minimum absolute atomic E-state index is 0.0389. The van der Waals surface area contributed by atoms with Gasteiger partial charge in [-0.25, -0.2) is 0 Å². The van der Waals surface area contributed by atoms with Crippen LogP contribution in [0.4, 0.5) is 5.69 Å². The van der Waals surface area contributed by atoms with Gasteiger partial charge in [0.05, 0.1) is 5.69 Å². The van der Waals surface area contributed by atoms with E-state index in [2.05, 4.69) is 10.4 Å². The van der Waals surface area contributed by atoms with Gasteiger partial charge in [-0.15, -0.1) is 0 Å². The number of hydrogen-bond donors (Lipinski definition) is 1. The molecule has 4 aromatic rings. The van der Waals surface area contributed by atoms with Gasteiger partial charge in [0.1, 0.15) is 5.03 Å². The normalized spacial score (nSPS) is 10.6. The van der Waals surface area contributed by atoms with Crippen molar-refractivity contribution < 1.29 is 9.59 Å². The highest BCUT2D eigenvalue weighted by Crippen LogP contribution is 2.26. The van der Waals surface area contributed by atoms with Gasteiger partial charge in [0.15, 0.2) is 5.78 Å². The topological polar surface area (TPSA) is 81.1 Å². The minimum Gasteiger partial charge on any atom is -0.322 e. The highest BCUT2D eigenvalue weighted by molar-refractivity contribution is 7.99. The second-order valence-corrected chi connectivity index (χ2v) is 8.64. The number of nitrogens with zero attached hydrogens (tertiary/aromatic N) is 2. The molecule has 0 spiro atoms. The lowest BCUT2D eigenvalue weighted by atomic mass is 10.1. The van der Waals surface area contributed by atoms with Gasteiger partial charge in [-0.05, 0) is 85.8 Å². The molecule has 1 amide bonds. The first-order valence-electron chi connectivity index (χ1n) is 9.96. The smallest absolute Gasteiger partial charge is 0.271 e. The van der Waals surface area contributed by atoms with Crippen LogP contribution >= 0.6 is 23.4 Å². The number of amides is 1. The highest BCUT2D eigenvalue weighted by atomic mass is 35.5. The molecule has 0 aliphatic carbocycles. The van der Waals surface area contributed by atoms with Crippen molar-refractivity contribution in [1.29, 1.82) is 0 Å². The first kappa shape index (κ1) is 22.5. The zero-order chi connectivity index (χ0) is 23.4. The monoisotopic (exact) mass is 475 g/mol. The maximum Gasteiger partial charge on any atom is 0.271 e. The molecular weight excluding hydrogens is 458 g/mol. The molecule has 1 N–H and O–H groups in total. The van der Waals surface area contributed by atoms with E-state index in [9.17, 15) is 14.4 Å². The predicted molar refractivity (Wildman–Crippen MR) is 130 cm³/mol. The molecule has 0 bridgehead atoms. The summed E-state index contributed by atoms with van der Waals surface area (Å²) in [5.74, 6) is -0.340. The number of aromatic nitrogens is 2. The molecule has 1 heterocycles. The third-order valence-electron chi connectivity index (χ3n) is 4.74. The Bertz CT molecular complexity index is 1370. The van der Waals surface area contributed by atoms with E-state index in [-0.39, 0.29) is 17.2 Å². The fraction of sp³-hybridized carbons (Fsp3) is 0.0400. The Hall–Kier alpha value is -3.68. The van der Waals surface area contributed by atoms with Crippen molar-refractivity contribution in [2.24, 2.45) is 0 Å². The molecule has 0 atom stereocenters. The van der Waals surface area contributed by atoms with E-state index >= 15 is 0 Å². The molecule has 8 heteroatoms. The molecular formula is C25H18ClN3O3S. The van der Waals surface area contributed by atoms with Crippen molar-refractivity contribution in [3.8, 4) is 5.69 Å². The Morgan fingerprint density at radius 3 is 2.12 bits per heavy atom. The van der Waals surface area contributed by atoms with Crippen molar-refractivity contribution in [1.82, 2.24) is 9.78 Å². The van der Waals surface area contributed by atoms with Crippen LogP contribution in [0.2, 0.25) is 5.02 Å². The zero-order valence-corrected chi connectivity index (χ0v) is 19.1. The van der Waals surface area contributed by atoms with Gasteiger partial charge in [-0.2, -0.15) is 9.78 Å². The molecule has 0 unspecified atom stereocenters. The van der Waals surface area contributed by atoms with E-state index < -0.39 is 0 Å². The predicted octanol–water partition coefficient (Wildman–Crippen LogP) is 5.49. The van der Waals surface area contributed by atoms with Crippen molar-refractivity contribution in [2.45, 2.75) is 16.8 Å². The van der Waals surface area contributed by atoms with Gasteiger partial charge >= 0.3 is 0 Å². The van der Waals surface area contributed by atoms with Crippen LogP contribution in [0.15, 0.2) is 99.6 Å². The molecule has 3 aromatic carbocycles. The third kappa shape index (κ3) is 5.58. The molecule has 0 aliphatic heterocycles. The average molecular weight is 476 g/mol. The lowest BCUT2D eigenvalue weighted by Gasteiger charge is -2.09. The van der Waals surface area contributed by atoms with Crippen LogP contribution in [0, 0.1) is 0 Å². The van der Waals surface area contributed by atoms with Crippen LogP contribution in [0.3, 0.4) is 0 Å². The minimum atomic E-state index is -0.301. The summed E-state index contributed by atoms with van der Waals surface area (Å²) in [4.78, 5) is 37.2. The van der Waals surface area contributed by atoms with Crippen LogP contribution in [0.1, 0.15) is 27.6 Å². The first-order valence-corrected chi connectivity index (χ1v) is 11.1. The molecule has 0 saturated heterocycles. The van der Waals surface area contributed by atoms with E-state index in [4.69, 9.17) is 11.6 Å². The number of nitrogens with one attached hydrogen (secondary N) is 1. The summed E-state index contributed by atoms with van der Waals surface area (Å²) in [5.41, 5.74) is 1.85. The number of hydrogen-bond acceptors (Lipinski definition) is 5. The fourth-order valence-electron chi connectivity index (χ4n) is 3.00. The lowest BCUT2D eigenvalue weighted by molar-refractivity contribution is 0.101. The second-order valence-electron chi connectivity index (χ2n) is 7.11. The van der Waals surface area contributed by atoms with E-state index in [1.807, 2.05) is 12.1 Å². The molecule has 33 heavy (non-hydrogen) atoms. The first-order chi connectivity index (χ1) is 15.9. The largest absolute Gasteiger partial charge is 0.322 e. The number of carbonyl (C=O) groups excluding carboxylic acids is 2. The molecule has 0 fully saturated rings. The molecule has 164 valence electrons. The molecule has 6 nitrogen and oxygen atoms in total. The van der Waals surface area contributed by atoms with Crippen LogP contribution in [0.5, 0.6) is 0 Å². The Balaban J connectivity index is 1.50. The van der Waals surface area contributed by atoms with Crippen LogP contribution < -0.4 is 10.9 Å². The van der Waals surface area contributed by atoms with Gasteiger partial charge in [-0.1, -0.05) is 23.4 Å². The van der Waals surface area contributed by atoms with Crippen LogP contribution in [-0.4, -0.2) is 21.5 Å². The van der Waals surface area contributed by atoms with Crippen molar-refractivity contribution in [3.63, 3.8) is 0 Å². The Kier molecular flexibility index (Phi) is 6.72. The van der Waals surface area contributed by atoms with E-state index in [0.29, 0.717) is 32.6 Å². The number of ketones is 1. The summed E-state index contributed by atoms with van der Waals surface area (Å²) >= 11 is 7.34. The fourth-order valence-corrected chi connectivity index (χ4v) is 3.90. The quantitative estimate of drug-likeness (QED) is 0.373. The van der Waals surface area contributed by atoms with Crippen LogP contribution in [0.25, 0.3) is 5.69 Å². The number of Topliss-reactive ketones (excluding diaryl/α,β-unsaturated/α-hetero) is 1. The Morgan fingerprint density at radius 1 is 0.848 bits per heavy atom. The Morgan fingerprint density at radius 2 is 1.48 bits per heavy atom. The number of anilines is 1. The maximum atomic E-state index is 12.6. The molecule has 0 saturated carbocycles. The summed E-state index contributed by atoms with van der Waals surface area (Å²) in [6, 6.07) is 23.7. The SMILES string of the molecule is CC(=O)c1ccc(NC(=O)c2ccc(-n3nc(Sc4ccc(Cl)cc4)ccc3=O)cc2)cc1. The summed E-state index contributed by atoms with van der Waals surface area (Å²) < 4.78 is 1.29. The van der Waals surface area contributed by atoms with Crippen LogP contribution in [-0.2, 0) is 0 Å². The van der Waals surface area contributed by atoms with Gasteiger partial charge in [0.25, 0.3) is 11.5 Å². The highest BCUT2D eigenvalue weighted by Gasteiger charge is 2.09. The molecule has 1 aromatic heterocycles. The number of rotatable bonds is 6. The van der Waals surface area contributed by atoms with E-state index in [0.717, 1.165) is 4.90 Å². The number of halogens is 1. The van der Waals surface area contributed by atoms with E-state index in [1.165, 1.54) is 29.4 Å². The van der Waals surface area contributed by atoms with Gasteiger partial charge in [0, 0.05) is 32.8 Å². The summed E-state index contributed by atoms with van der Waals surface area (Å²) in [5, 5.41) is 8.51. The van der Waals surface area contributed by atoms with Crippen molar-refractivity contribution in [2.75, 3.05) is 5.32 Å². The Labute approximate surface area is 199 Å². The molecule has 0 radical (unpaired) electrons. The standard InChI is InChI=1S/C25H18ClN3O3S/c1-16(30)17-2-8-20(9-3-17)27-25(32)18-4-10-21(11-5-18)29-24(31)15-14-23(28-29)33-22-12-6-19(26)7-13-22/h2-15H,1H3,(H,27,32). The summed E-state index contributed by atoms with van der Waals surface area (Å²) in [6.07, 6.45) is 0. The number of carbonyl (C=O) groups is 2. The third-order valence-corrected chi connectivity index (χ3v) is 5.92. The second kappa shape index (κ2) is 9.85. The number of benzene rings is 3. The van der Waals surface area contributed by atoms with Crippen molar-refractivity contribution >= 4 is 40.7 Å². The van der Waals surface area contributed by atoms with E-state index in [1.54, 1.807) is 66.7 Å². The molecule has 0 aliphatic rings. The summed E-state index contributed by atoms with van der Waals surface area (Å²) in [6.45, 7) is 1.49. The van der Waals surface area contributed by atoms with Gasteiger partial charge < -0.3 is 5.32 Å². The van der Waals surface area contributed by atoms with Gasteiger partial charge in [0.2, 0.25) is 0 Å². The zero-order valence-electron chi connectivity index (χ0n) is 17.5. The van der Waals surface area contributed by atoms with Gasteiger partial charge in [-0.3, -0.25) is 14.4 Å². The molecule has 4 rings (SSSR count).